The Balaban J connectivity index is 1.69. The third-order valence-corrected chi connectivity index (χ3v) is 4.21. The fourth-order valence-corrected chi connectivity index (χ4v) is 3.25. The molecule has 1 N–H and O–H groups in total. The lowest BCUT2D eigenvalue weighted by Gasteiger charge is -2.39. The van der Waals surface area contributed by atoms with Gasteiger partial charge in [0.15, 0.2) is 5.78 Å². The van der Waals surface area contributed by atoms with Crippen LogP contribution in [0.3, 0.4) is 0 Å². The molecule has 3 rings (SSSR count). The molecule has 0 amide bonds. The molecule has 0 aliphatic carbocycles. The molecule has 2 aliphatic heterocycles. The van der Waals surface area contributed by atoms with Gasteiger partial charge in [-0.1, -0.05) is 19.1 Å². The highest BCUT2D eigenvalue weighted by atomic mass is 16.5. The second-order valence-corrected chi connectivity index (χ2v) is 6.01. The molecule has 2 aliphatic rings. The maximum atomic E-state index is 12.7. The van der Waals surface area contributed by atoms with E-state index in [9.17, 15) is 4.79 Å². The number of fused-ring (bicyclic) bond motifs is 2. The predicted octanol–water partition coefficient (Wildman–Crippen LogP) is 2.43. The Kier molecular flexibility index (Phi) is 4.56. The van der Waals surface area contributed by atoms with Crippen molar-refractivity contribution in [3.05, 3.63) is 29.8 Å². The Morgan fingerprint density at radius 2 is 2.10 bits per heavy atom. The Bertz CT molecular complexity index is 491. The smallest absolute Gasteiger partial charge is 0.166 e. The molecule has 0 saturated carbocycles. The van der Waals surface area contributed by atoms with Gasteiger partial charge in [-0.15, -0.1) is 0 Å². The monoisotopic (exact) mass is 289 g/mol. The summed E-state index contributed by atoms with van der Waals surface area (Å²) in [6, 6.07) is 8.25. The minimum absolute atomic E-state index is 0.103. The van der Waals surface area contributed by atoms with Crippen LogP contribution in [0.4, 0.5) is 0 Å². The normalized spacial score (nSPS) is 28.1. The zero-order valence-electron chi connectivity index (χ0n) is 12.5. The van der Waals surface area contributed by atoms with Gasteiger partial charge in [-0.3, -0.25) is 4.79 Å². The van der Waals surface area contributed by atoms with Gasteiger partial charge in [0.05, 0.1) is 19.8 Å². The summed E-state index contributed by atoms with van der Waals surface area (Å²) < 4.78 is 11.2. The fourth-order valence-electron chi connectivity index (χ4n) is 3.25. The van der Waals surface area contributed by atoms with Crippen molar-refractivity contribution >= 4 is 5.78 Å². The lowest BCUT2D eigenvalue weighted by molar-refractivity contribution is 0.00952. The summed E-state index contributed by atoms with van der Waals surface area (Å²) in [4.78, 5) is 12.7. The molecular weight excluding hydrogens is 266 g/mol. The lowest BCUT2D eigenvalue weighted by atomic mass is 9.82. The molecule has 4 heteroatoms. The first-order valence-electron chi connectivity index (χ1n) is 7.87. The van der Waals surface area contributed by atoms with E-state index >= 15 is 0 Å². The van der Waals surface area contributed by atoms with Crippen LogP contribution < -0.4 is 10.1 Å². The van der Waals surface area contributed by atoms with Crippen molar-refractivity contribution in [3.8, 4) is 5.75 Å². The second kappa shape index (κ2) is 6.58. The van der Waals surface area contributed by atoms with Crippen molar-refractivity contribution in [3.63, 3.8) is 0 Å². The minimum Gasteiger partial charge on any atom is -0.494 e. The standard InChI is InChI=1S/C17H23NO3/c1-2-6-21-16-5-3-4-12(9-16)17(19)13-7-14-10-20-11-15(8-13)18-14/h3-5,9,13-15,18H,2,6-8,10-11H2,1H3. The summed E-state index contributed by atoms with van der Waals surface area (Å²) in [5.74, 6) is 1.14. The number of rotatable bonds is 5. The van der Waals surface area contributed by atoms with E-state index in [1.165, 1.54) is 0 Å². The van der Waals surface area contributed by atoms with E-state index in [4.69, 9.17) is 9.47 Å². The van der Waals surface area contributed by atoms with E-state index in [0.29, 0.717) is 18.7 Å². The number of ether oxygens (including phenoxy) is 2. The minimum atomic E-state index is 0.103. The van der Waals surface area contributed by atoms with E-state index in [1.54, 1.807) is 0 Å². The third-order valence-electron chi connectivity index (χ3n) is 4.21. The number of carbonyl (C=O) groups is 1. The highest BCUT2D eigenvalue weighted by molar-refractivity contribution is 5.98. The maximum Gasteiger partial charge on any atom is 0.166 e. The van der Waals surface area contributed by atoms with Crippen LogP contribution in [0.15, 0.2) is 24.3 Å². The summed E-state index contributed by atoms with van der Waals surface area (Å²) in [6.07, 6.45) is 2.71. The first kappa shape index (κ1) is 14.5. The molecule has 114 valence electrons. The molecule has 4 nitrogen and oxygen atoms in total. The van der Waals surface area contributed by atoms with Crippen molar-refractivity contribution in [1.29, 1.82) is 0 Å². The summed E-state index contributed by atoms with van der Waals surface area (Å²) in [5.41, 5.74) is 0.773. The lowest BCUT2D eigenvalue weighted by Crippen LogP contribution is -2.55. The average Bonchev–Trinajstić information content (AvgIpc) is 2.52. The van der Waals surface area contributed by atoms with Crippen molar-refractivity contribution in [2.75, 3.05) is 19.8 Å². The summed E-state index contributed by atoms with van der Waals surface area (Å²) in [7, 11) is 0. The van der Waals surface area contributed by atoms with E-state index < -0.39 is 0 Å². The molecule has 0 radical (unpaired) electrons. The Morgan fingerprint density at radius 3 is 2.81 bits per heavy atom. The largest absolute Gasteiger partial charge is 0.494 e. The predicted molar refractivity (Wildman–Crippen MR) is 80.8 cm³/mol. The van der Waals surface area contributed by atoms with Crippen molar-refractivity contribution in [2.24, 2.45) is 5.92 Å². The zero-order chi connectivity index (χ0) is 14.7. The van der Waals surface area contributed by atoms with Gasteiger partial charge in [-0.25, -0.2) is 0 Å². The Hall–Kier alpha value is -1.39. The van der Waals surface area contributed by atoms with Gasteiger partial charge in [0.1, 0.15) is 5.75 Å². The van der Waals surface area contributed by atoms with Crippen LogP contribution >= 0.6 is 0 Å². The number of morpholine rings is 1. The third kappa shape index (κ3) is 3.44. The molecule has 2 bridgehead atoms. The molecule has 21 heavy (non-hydrogen) atoms. The molecule has 2 atom stereocenters. The van der Waals surface area contributed by atoms with E-state index in [-0.39, 0.29) is 11.7 Å². The number of nitrogens with one attached hydrogen (secondary N) is 1. The number of hydrogen-bond donors (Lipinski definition) is 1. The topological polar surface area (TPSA) is 47.6 Å². The fraction of sp³-hybridized carbons (Fsp3) is 0.588. The van der Waals surface area contributed by atoms with Gasteiger partial charge in [-0.05, 0) is 31.4 Å². The van der Waals surface area contributed by atoms with Gasteiger partial charge in [0.25, 0.3) is 0 Å². The van der Waals surface area contributed by atoms with E-state index in [1.807, 2.05) is 24.3 Å². The molecule has 2 saturated heterocycles. The number of hydrogen-bond acceptors (Lipinski definition) is 4. The highest BCUT2D eigenvalue weighted by Gasteiger charge is 2.35. The SMILES string of the molecule is CCCOc1cccc(C(=O)C2CC3COCC(C2)N3)c1. The molecule has 2 fully saturated rings. The quantitative estimate of drug-likeness (QED) is 0.846. The van der Waals surface area contributed by atoms with Crippen molar-refractivity contribution < 1.29 is 14.3 Å². The van der Waals surface area contributed by atoms with Gasteiger partial charge >= 0.3 is 0 Å². The van der Waals surface area contributed by atoms with Gasteiger partial charge < -0.3 is 14.8 Å². The Morgan fingerprint density at radius 1 is 1.33 bits per heavy atom. The van der Waals surface area contributed by atoms with Crippen molar-refractivity contribution in [2.45, 2.75) is 38.3 Å². The van der Waals surface area contributed by atoms with Crippen LogP contribution in [0.25, 0.3) is 0 Å². The summed E-state index contributed by atoms with van der Waals surface area (Å²) in [5, 5.41) is 3.53. The number of carbonyl (C=O) groups excluding carboxylic acids is 1. The number of piperidine rings is 1. The van der Waals surface area contributed by atoms with Crippen LogP contribution in [-0.4, -0.2) is 37.7 Å². The van der Waals surface area contributed by atoms with Gasteiger partial charge in [0, 0.05) is 23.6 Å². The first-order chi connectivity index (χ1) is 10.3. The molecule has 2 heterocycles. The van der Waals surface area contributed by atoms with Gasteiger partial charge in [-0.2, -0.15) is 0 Å². The van der Waals surface area contributed by atoms with Crippen molar-refractivity contribution in [1.82, 2.24) is 5.32 Å². The molecule has 2 unspecified atom stereocenters. The van der Waals surface area contributed by atoms with Crippen LogP contribution in [0.2, 0.25) is 0 Å². The zero-order valence-corrected chi connectivity index (χ0v) is 12.5. The Labute approximate surface area is 125 Å². The van der Waals surface area contributed by atoms with Crippen LogP contribution in [-0.2, 0) is 4.74 Å². The molecule has 1 aromatic rings. The van der Waals surface area contributed by atoms with Gasteiger partial charge in [0.2, 0.25) is 0 Å². The molecular formula is C17H23NO3. The summed E-state index contributed by atoms with van der Waals surface area (Å²) in [6.45, 7) is 4.21. The number of Topliss-reactive ketones (excluding diaryl/α,β-unsaturated/α-hetero) is 1. The first-order valence-corrected chi connectivity index (χ1v) is 7.87. The molecule has 0 spiro atoms. The molecule has 1 aromatic carbocycles. The van der Waals surface area contributed by atoms with Crippen LogP contribution in [0.1, 0.15) is 36.5 Å². The maximum absolute atomic E-state index is 12.7. The molecule has 0 aromatic heterocycles. The van der Waals surface area contributed by atoms with E-state index in [0.717, 1.165) is 43.8 Å². The summed E-state index contributed by atoms with van der Waals surface area (Å²) >= 11 is 0. The van der Waals surface area contributed by atoms with Crippen LogP contribution in [0, 0.1) is 5.92 Å². The highest BCUT2D eigenvalue weighted by Crippen LogP contribution is 2.28. The van der Waals surface area contributed by atoms with E-state index in [2.05, 4.69) is 12.2 Å². The number of benzene rings is 1. The second-order valence-electron chi connectivity index (χ2n) is 6.01. The average molecular weight is 289 g/mol. The van der Waals surface area contributed by atoms with Crippen LogP contribution in [0.5, 0.6) is 5.75 Å². The number of ketones is 1.